The van der Waals surface area contributed by atoms with Gasteiger partial charge in [0.15, 0.2) is 0 Å². The molecule has 2 rings (SSSR count). The summed E-state index contributed by atoms with van der Waals surface area (Å²) < 4.78 is 6.13. The Morgan fingerprint density at radius 3 is 2.90 bits per heavy atom. The summed E-state index contributed by atoms with van der Waals surface area (Å²) in [6, 6.07) is 5.50. The third-order valence-corrected chi connectivity index (χ3v) is 4.44. The molecule has 108 valence electrons. The average molecular weight is 295 g/mol. The molecule has 0 spiro atoms. The second-order valence-corrected chi connectivity index (χ2v) is 6.19. The summed E-state index contributed by atoms with van der Waals surface area (Å²) in [5, 5.41) is 2.65. The van der Waals surface area contributed by atoms with E-state index in [2.05, 4.69) is 5.32 Å². The Hall–Kier alpha value is -1.56. The highest BCUT2D eigenvalue weighted by molar-refractivity contribution is 8.00. The van der Waals surface area contributed by atoms with E-state index in [4.69, 9.17) is 4.74 Å². The van der Waals surface area contributed by atoms with Crippen LogP contribution < -0.4 is 10.1 Å². The van der Waals surface area contributed by atoms with Crippen molar-refractivity contribution in [1.82, 2.24) is 5.32 Å². The van der Waals surface area contributed by atoms with Crippen molar-refractivity contribution in [3.63, 3.8) is 0 Å². The Morgan fingerprint density at radius 2 is 2.25 bits per heavy atom. The van der Waals surface area contributed by atoms with Crippen LogP contribution in [0.15, 0.2) is 23.1 Å². The van der Waals surface area contributed by atoms with Crippen LogP contribution in [0.1, 0.15) is 20.3 Å². The minimum absolute atomic E-state index is 0.0182. The highest BCUT2D eigenvalue weighted by Gasteiger charge is 2.39. The van der Waals surface area contributed by atoms with Crippen LogP contribution >= 0.6 is 11.8 Å². The molecule has 5 nitrogen and oxygen atoms in total. The largest absolute Gasteiger partial charge is 0.497 e. The fourth-order valence-electron chi connectivity index (χ4n) is 1.94. The van der Waals surface area contributed by atoms with Gasteiger partial charge < -0.3 is 10.1 Å². The van der Waals surface area contributed by atoms with Crippen LogP contribution in [0.3, 0.4) is 0 Å². The van der Waals surface area contributed by atoms with Crippen molar-refractivity contribution >= 4 is 23.4 Å². The fraction of sp³-hybridized carbons (Fsp3) is 0.500. The maximum absolute atomic E-state index is 12.2. The van der Waals surface area contributed by atoms with Gasteiger partial charge in [0.05, 0.1) is 22.8 Å². The maximum Gasteiger partial charge on any atom is 0.274 e. The zero-order valence-corrected chi connectivity index (χ0v) is 12.7. The van der Waals surface area contributed by atoms with E-state index < -0.39 is 0 Å². The SMILES string of the molecule is COc1ccc2c(c1)[N+](=O)C(CCNC(=O)C(C)C)S2. The van der Waals surface area contributed by atoms with Gasteiger partial charge in [-0.1, -0.05) is 13.8 Å². The molecule has 6 heteroatoms. The molecule has 1 amide bonds. The zero-order chi connectivity index (χ0) is 14.7. The van der Waals surface area contributed by atoms with Crippen LogP contribution in [0.5, 0.6) is 5.75 Å². The molecule has 0 aromatic heterocycles. The molecule has 1 aliphatic heterocycles. The number of rotatable bonds is 5. The molecule has 1 unspecified atom stereocenters. The van der Waals surface area contributed by atoms with Crippen molar-refractivity contribution in [2.45, 2.75) is 30.5 Å². The smallest absolute Gasteiger partial charge is 0.274 e. The third kappa shape index (κ3) is 3.12. The second-order valence-electron chi connectivity index (χ2n) is 4.97. The van der Waals surface area contributed by atoms with Crippen LogP contribution in [0, 0.1) is 10.8 Å². The highest BCUT2D eigenvalue weighted by atomic mass is 32.2. The number of thioether (sulfide) groups is 1. The zero-order valence-electron chi connectivity index (χ0n) is 11.9. The first kappa shape index (κ1) is 14.8. The van der Waals surface area contributed by atoms with Crippen molar-refractivity contribution < 1.29 is 14.3 Å². The van der Waals surface area contributed by atoms with Crippen molar-refractivity contribution in [3.05, 3.63) is 23.1 Å². The van der Waals surface area contributed by atoms with Gasteiger partial charge in [-0.25, -0.2) is 0 Å². The number of fused-ring (bicyclic) bond motifs is 1. The first-order chi connectivity index (χ1) is 9.52. The fourth-order valence-corrected chi connectivity index (χ4v) is 3.10. The van der Waals surface area contributed by atoms with Crippen molar-refractivity contribution in [2.24, 2.45) is 5.92 Å². The van der Waals surface area contributed by atoms with Crippen molar-refractivity contribution in [3.8, 4) is 5.75 Å². The van der Waals surface area contributed by atoms with Crippen LogP contribution in [0.25, 0.3) is 0 Å². The summed E-state index contributed by atoms with van der Waals surface area (Å²) >= 11 is 1.53. The van der Waals surface area contributed by atoms with Gasteiger partial charge in [-0.15, -0.1) is 0 Å². The molecule has 1 N–H and O–H groups in total. The third-order valence-electron chi connectivity index (χ3n) is 3.14. The van der Waals surface area contributed by atoms with E-state index >= 15 is 0 Å². The molecule has 1 aliphatic rings. The summed E-state index contributed by atoms with van der Waals surface area (Å²) in [4.78, 5) is 24.6. The summed E-state index contributed by atoms with van der Waals surface area (Å²) in [5.74, 6) is 0.666. The van der Waals surface area contributed by atoms with E-state index in [-0.39, 0.29) is 17.2 Å². The number of nitroso groups, excluding NO2 is 1. The highest BCUT2D eigenvalue weighted by Crippen LogP contribution is 2.44. The van der Waals surface area contributed by atoms with E-state index in [1.807, 2.05) is 26.0 Å². The van der Waals surface area contributed by atoms with Crippen molar-refractivity contribution in [2.75, 3.05) is 13.7 Å². The predicted octanol–water partition coefficient (Wildman–Crippen LogP) is 2.70. The van der Waals surface area contributed by atoms with E-state index in [0.717, 1.165) is 9.66 Å². The Morgan fingerprint density at radius 1 is 1.50 bits per heavy atom. The van der Waals surface area contributed by atoms with Gasteiger partial charge in [0.2, 0.25) is 5.91 Å². The molecule has 0 aliphatic carbocycles. The Balaban J connectivity index is 1.94. The van der Waals surface area contributed by atoms with Gasteiger partial charge in [0.25, 0.3) is 11.1 Å². The molecule has 0 fully saturated rings. The van der Waals surface area contributed by atoms with Gasteiger partial charge in [-0.2, -0.15) is 0 Å². The summed E-state index contributed by atoms with van der Waals surface area (Å²) in [5.41, 5.74) is 0.648. The van der Waals surface area contributed by atoms with Gasteiger partial charge in [0, 0.05) is 23.8 Å². The quantitative estimate of drug-likeness (QED) is 0.849. The topological polar surface area (TPSA) is 58.4 Å². The molecular formula is C14H19N2O3S+. The Bertz CT molecular complexity index is 531. The molecular weight excluding hydrogens is 276 g/mol. The molecule has 1 atom stereocenters. The van der Waals surface area contributed by atoms with Gasteiger partial charge in [-0.3, -0.25) is 4.79 Å². The number of hydrogen-bond donors (Lipinski definition) is 1. The number of carbonyl (C=O) groups is 1. The standard InChI is InChI=1S/C14H18N2O3S/c1-9(2)14(17)15-7-6-13-16(18)11-8-10(19-3)4-5-12(11)20-13/h4-5,8-9,13H,6-7H2,1-3H3/p+1. The average Bonchev–Trinajstić information content (AvgIpc) is 2.75. The van der Waals surface area contributed by atoms with Gasteiger partial charge in [0.1, 0.15) is 5.75 Å². The first-order valence-corrected chi connectivity index (χ1v) is 7.49. The molecule has 1 aromatic rings. The minimum Gasteiger partial charge on any atom is -0.497 e. The molecule has 20 heavy (non-hydrogen) atoms. The molecule has 0 saturated carbocycles. The predicted molar refractivity (Wildman–Crippen MR) is 78.4 cm³/mol. The van der Waals surface area contributed by atoms with E-state index in [9.17, 15) is 9.70 Å². The van der Waals surface area contributed by atoms with E-state index in [1.165, 1.54) is 11.8 Å². The number of amides is 1. The van der Waals surface area contributed by atoms with Crippen molar-refractivity contribution in [1.29, 1.82) is 0 Å². The summed E-state index contributed by atoms with van der Waals surface area (Å²) in [7, 11) is 1.58. The number of nitrogens with zero attached hydrogens (tertiary/aromatic N) is 1. The lowest BCUT2D eigenvalue weighted by Gasteiger charge is -2.07. The number of carbonyl (C=O) groups excluding carboxylic acids is 1. The van der Waals surface area contributed by atoms with Crippen LogP contribution in [-0.2, 0) is 4.79 Å². The number of benzene rings is 1. The lowest BCUT2D eigenvalue weighted by molar-refractivity contribution is -0.476. The number of ether oxygens (including phenoxy) is 1. The van der Waals surface area contributed by atoms with E-state index in [0.29, 0.717) is 24.4 Å². The monoisotopic (exact) mass is 295 g/mol. The Kier molecular flexibility index (Phi) is 4.65. The summed E-state index contributed by atoms with van der Waals surface area (Å²) in [6.45, 7) is 4.21. The maximum atomic E-state index is 12.2. The molecule has 0 radical (unpaired) electrons. The minimum atomic E-state index is -0.190. The van der Waals surface area contributed by atoms with E-state index in [1.54, 1.807) is 13.2 Å². The number of nitrogens with one attached hydrogen (secondary N) is 1. The number of hydrogen-bond acceptors (Lipinski definition) is 4. The molecule has 0 saturated heterocycles. The van der Waals surface area contributed by atoms with Crippen LogP contribution in [-0.4, -0.2) is 29.7 Å². The van der Waals surface area contributed by atoms with Crippen LogP contribution in [0.4, 0.5) is 5.69 Å². The normalized spacial score (nSPS) is 17.2. The molecule has 0 bridgehead atoms. The Labute approximate surface area is 122 Å². The lowest BCUT2D eigenvalue weighted by Crippen LogP contribution is -2.30. The first-order valence-electron chi connectivity index (χ1n) is 6.61. The van der Waals surface area contributed by atoms with Crippen LogP contribution in [0.2, 0.25) is 0 Å². The second kappa shape index (κ2) is 6.26. The number of methoxy groups -OCH3 is 1. The molecule has 1 heterocycles. The molecule has 1 aromatic carbocycles. The lowest BCUT2D eigenvalue weighted by atomic mass is 10.2. The van der Waals surface area contributed by atoms with Gasteiger partial charge >= 0.3 is 0 Å². The van der Waals surface area contributed by atoms with Gasteiger partial charge in [-0.05, 0) is 23.9 Å². The summed E-state index contributed by atoms with van der Waals surface area (Å²) in [6.07, 6.45) is 0.615.